The summed E-state index contributed by atoms with van der Waals surface area (Å²) in [4.78, 5) is 15.1. The van der Waals surface area contributed by atoms with E-state index in [4.69, 9.17) is 15.6 Å². The van der Waals surface area contributed by atoms with Crippen LogP contribution in [0.25, 0.3) is 0 Å². The molecule has 1 aromatic heterocycles. The first-order valence-electron chi connectivity index (χ1n) is 4.43. The molecule has 0 aromatic carbocycles. The molecule has 0 radical (unpaired) electrons. The highest BCUT2D eigenvalue weighted by molar-refractivity contribution is 8.00. The number of nitrogen functional groups attached to an aromatic ring is 1. The van der Waals surface area contributed by atoms with Crippen molar-refractivity contribution in [1.82, 2.24) is 9.55 Å². The van der Waals surface area contributed by atoms with Gasteiger partial charge in [0, 0.05) is 6.20 Å². The first-order chi connectivity index (χ1) is 7.20. The van der Waals surface area contributed by atoms with Gasteiger partial charge in [0.05, 0.1) is 13.2 Å². The van der Waals surface area contributed by atoms with Crippen LogP contribution in [0.5, 0.6) is 0 Å². The van der Waals surface area contributed by atoms with Crippen LogP contribution in [0.15, 0.2) is 17.1 Å². The lowest BCUT2D eigenvalue weighted by molar-refractivity contribution is 0.0803. The van der Waals surface area contributed by atoms with Crippen LogP contribution in [-0.2, 0) is 4.74 Å². The number of hydrogen-bond acceptors (Lipinski definition) is 6. The molecule has 6 nitrogen and oxygen atoms in total. The van der Waals surface area contributed by atoms with Crippen molar-refractivity contribution in [2.45, 2.75) is 10.8 Å². The van der Waals surface area contributed by atoms with Gasteiger partial charge < -0.3 is 15.6 Å². The molecule has 0 spiro atoms. The van der Waals surface area contributed by atoms with Gasteiger partial charge in [0.1, 0.15) is 16.6 Å². The van der Waals surface area contributed by atoms with Crippen molar-refractivity contribution in [2.75, 3.05) is 18.9 Å². The molecule has 82 valence electrons. The van der Waals surface area contributed by atoms with E-state index in [1.807, 2.05) is 0 Å². The second-order valence-corrected chi connectivity index (χ2v) is 4.42. The molecular formula is C8H11N3O3S. The monoisotopic (exact) mass is 229 g/mol. The minimum absolute atomic E-state index is 0.0572. The molecule has 2 heterocycles. The predicted octanol–water partition coefficient (Wildman–Crippen LogP) is -0.594. The van der Waals surface area contributed by atoms with Crippen LogP contribution in [0.4, 0.5) is 5.82 Å². The normalized spacial score (nSPS) is 25.7. The number of aliphatic hydroxyl groups excluding tert-OH is 1. The largest absolute Gasteiger partial charge is 0.393 e. The van der Waals surface area contributed by atoms with Crippen molar-refractivity contribution in [1.29, 1.82) is 0 Å². The highest BCUT2D eigenvalue weighted by Crippen LogP contribution is 2.34. The summed E-state index contributed by atoms with van der Waals surface area (Å²) in [7, 11) is 0. The lowest BCUT2D eigenvalue weighted by Crippen LogP contribution is -2.26. The predicted molar refractivity (Wildman–Crippen MR) is 56.4 cm³/mol. The highest BCUT2D eigenvalue weighted by Gasteiger charge is 2.27. The first-order valence-corrected chi connectivity index (χ1v) is 5.37. The van der Waals surface area contributed by atoms with Crippen LogP contribution in [0, 0.1) is 0 Å². The Balaban J connectivity index is 2.20. The fourth-order valence-electron chi connectivity index (χ4n) is 1.33. The van der Waals surface area contributed by atoms with Crippen LogP contribution >= 0.6 is 11.8 Å². The van der Waals surface area contributed by atoms with E-state index in [9.17, 15) is 4.79 Å². The summed E-state index contributed by atoms with van der Waals surface area (Å²) >= 11 is 1.39. The van der Waals surface area contributed by atoms with Crippen LogP contribution in [0.1, 0.15) is 5.37 Å². The molecule has 1 aliphatic heterocycles. The fraction of sp³-hybridized carbons (Fsp3) is 0.500. The van der Waals surface area contributed by atoms with Crippen molar-refractivity contribution >= 4 is 17.6 Å². The average Bonchev–Trinajstić information content (AvgIpc) is 2.66. The van der Waals surface area contributed by atoms with Gasteiger partial charge in [-0.1, -0.05) is 0 Å². The molecule has 2 atom stereocenters. The number of aliphatic hydroxyl groups is 1. The fourth-order valence-corrected chi connectivity index (χ4v) is 2.37. The Morgan fingerprint density at radius 3 is 3.20 bits per heavy atom. The first kappa shape index (κ1) is 10.5. The molecule has 15 heavy (non-hydrogen) atoms. The number of rotatable bonds is 2. The Bertz CT molecular complexity index is 408. The maximum atomic E-state index is 11.5. The number of anilines is 1. The van der Waals surface area contributed by atoms with Crippen LogP contribution in [0.2, 0.25) is 0 Å². The van der Waals surface area contributed by atoms with Crippen LogP contribution in [-0.4, -0.2) is 33.3 Å². The van der Waals surface area contributed by atoms with Crippen LogP contribution < -0.4 is 11.4 Å². The van der Waals surface area contributed by atoms with Crippen molar-refractivity contribution in [3.8, 4) is 0 Å². The van der Waals surface area contributed by atoms with Crippen LogP contribution in [0.3, 0.4) is 0 Å². The van der Waals surface area contributed by atoms with Crippen molar-refractivity contribution < 1.29 is 9.84 Å². The van der Waals surface area contributed by atoms with Gasteiger partial charge in [0.25, 0.3) is 0 Å². The van der Waals surface area contributed by atoms with Gasteiger partial charge >= 0.3 is 5.69 Å². The molecule has 0 amide bonds. The van der Waals surface area contributed by atoms with Gasteiger partial charge in [0.15, 0.2) is 0 Å². The van der Waals surface area contributed by atoms with Gasteiger partial charge in [-0.2, -0.15) is 4.98 Å². The van der Waals surface area contributed by atoms with Crippen molar-refractivity contribution in [3.05, 3.63) is 22.7 Å². The SMILES string of the molecule is Nc1ccn(C2CO[C@@H](CO)S2)c(=O)n1. The minimum atomic E-state index is -0.394. The third kappa shape index (κ3) is 2.14. The molecule has 7 heteroatoms. The lowest BCUT2D eigenvalue weighted by atomic mass is 10.5. The number of aromatic nitrogens is 2. The molecular weight excluding hydrogens is 218 g/mol. The molecule has 3 N–H and O–H groups in total. The summed E-state index contributed by atoms with van der Waals surface area (Å²) in [6.07, 6.45) is 1.59. The summed E-state index contributed by atoms with van der Waals surface area (Å²) in [6, 6.07) is 1.56. The zero-order valence-corrected chi connectivity index (χ0v) is 8.68. The van der Waals surface area contributed by atoms with E-state index in [1.54, 1.807) is 12.3 Å². The zero-order valence-electron chi connectivity index (χ0n) is 7.87. The molecule has 1 saturated heterocycles. The number of ether oxygens (including phenoxy) is 1. The second-order valence-electron chi connectivity index (χ2n) is 3.08. The Morgan fingerprint density at radius 1 is 1.80 bits per heavy atom. The Labute approximate surface area is 90.1 Å². The molecule has 2 rings (SSSR count). The molecule has 1 fully saturated rings. The third-order valence-electron chi connectivity index (χ3n) is 2.04. The van der Waals surface area contributed by atoms with Gasteiger partial charge in [-0.15, -0.1) is 11.8 Å². The molecule has 1 aliphatic rings. The number of nitrogens with two attached hydrogens (primary N) is 1. The van der Waals surface area contributed by atoms with E-state index < -0.39 is 5.69 Å². The van der Waals surface area contributed by atoms with Gasteiger partial charge in [-0.05, 0) is 6.07 Å². The average molecular weight is 229 g/mol. The summed E-state index contributed by atoms with van der Waals surface area (Å²) in [5, 5.41) is 8.74. The van der Waals surface area contributed by atoms with Gasteiger partial charge in [-0.25, -0.2) is 4.79 Å². The van der Waals surface area contributed by atoms with Gasteiger partial charge in [0.2, 0.25) is 0 Å². The molecule has 0 bridgehead atoms. The third-order valence-corrected chi connectivity index (χ3v) is 3.31. The summed E-state index contributed by atoms with van der Waals surface area (Å²) in [6.45, 7) is 0.333. The Kier molecular flexibility index (Phi) is 2.94. The smallest absolute Gasteiger partial charge is 0.350 e. The molecule has 1 aromatic rings. The maximum absolute atomic E-state index is 11.5. The van der Waals surface area contributed by atoms with E-state index >= 15 is 0 Å². The Morgan fingerprint density at radius 2 is 2.60 bits per heavy atom. The zero-order chi connectivity index (χ0) is 10.8. The van der Waals surface area contributed by atoms with E-state index in [2.05, 4.69) is 4.98 Å². The highest BCUT2D eigenvalue weighted by atomic mass is 32.2. The van der Waals surface area contributed by atoms with E-state index in [0.717, 1.165) is 0 Å². The lowest BCUT2D eigenvalue weighted by Gasteiger charge is -2.10. The number of nitrogens with zero attached hydrogens (tertiary/aromatic N) is 2. The van der Waals surface area contributed by atoms with E-state index in [0.29, 0.717) is 6.61 Å². The van der Waals surface area contributed by atoms with Crippen molar-refractivity contribution in [3.63, 3.8) is 0 Å². The molecule has 0 saturated carbocycles. The number of thioether (sulfide) groups is 1. The maximum Gasteiger partial charge on any atom is 0.350 e. The van der Waals surface area contributed by atoms with E-state index in [-0.39, 0.29) is 23.2 Å². The number of hydrogen-bond donors (Lipinski definition) is 2. The second kappa shape index (κ2) is 4.21. The summed E-state index contributed by atoms with van der Waals surface area (Å²) in [5.74, 6) is 0.207. The molecule has 0 aliphatic carbocycles. The standard InChI is InChI=1S/C8H11N3O3S/c9-5-1-2-11(8(13)10-5)6-4-14-7(3-12)15-6/h1-2,6-7,12H,3-4H2,(H2,9,10,13)/t6?,7-/m1/s1. The summed E-state index contributed by atoms with van der Waals surface area (Å²) in [5.41, 5.74) is 4.72. The topological polar surface area (TPSA) is 90.4 Å². The van der Waals surface area contributed by atoms with E-state index in [1.165, 1.54) is 16.3 Å². The minimum Gasteiger partial charge on any atom is -0.393 e. The quantitative estimate of drug-likeness (QED) is 0.704. The summed E-state index contributed by atoms with van der Waals surface area (Å²) < 4.78 is 6.70. The Hall–Kier alpha value is -1.05. The van der Waals surface area contributed by atoms with Crippen molar-refractivity contribution in [2.24, 2.45) is 0 Å². The van der Waals surface area contributed by atoms with Gasteiger partial charge in [-0.3, -0.25) is 4.57 Å². The molecule has 1 unspecified atom stereocenters.